The highest BCUT2D eigenvalue weighted by Crippen LogP contribution is 2.19. The van der Waals surface area contributed by atoms with E-state index in [1.807, 2.05) is 0 Å². The van der Waals surface area contributed by atoms with Crippen molar-refractivity contribution in [1.82, 2.24) is 4.90 Å². The molecule has 0 radical (unpaired) electrons. The SMILES string of the molecule is CC1=CC(=O)N(C(C)(C)C(N)=O)CO1. The molecule has 5 nitrogen and oxygen atoms in total. The average Bonchev–Trinajstić information content (AvgIpc) is 2.02. The Kier molecular flexibility index (Phi) is 2.51. The normalized spacial score (nSPS) is 17.5. The van der Waals surface area contributed by atoms with Crippen LogP contribution >= 0.6 is 0 Å². The van der Waals surface area contributed by atoms with E-state index < -0.39 is 11.4 Å². The predicted molar refractivity (Wildman–Crippen MR) is 49.8 cm³/mol. The number of hydrogen-bond acceptors (Lipinski definition) is 3. The molecule has 1 heterocycles. The third-order valence-corrected chi connectivity index (χ3v) is 2.29. The number of primary amides is 1. The van der Waals surface area contributed by atoms with Crippen LogP contribution in [0.3, 0.4) is 0 Å². The van der Waals surface area contributed by atoms with Crippen LogP contribution in [0.1, 0.15) is 20.8 Å². The van der Waals surface area contributed by atoms with Gasteiger partial charge in [0.05, 0.1) is 0 Å². The van der Waals surface area contributed by atoms with Gasteiger partial charge in [0.25, 0.3) is 5.91 Å². The molecule has 0 aliphatic carbocycles. The number of amides is 2. The fraction of sp³-hybridized carbons (Fsp3) is 0.556. The van der Waals surface area contributed by atoms with Gasteiger partial charge >= 0.3 is 0 Å². The van der Waals surface area contributed by atoms with Crippen LogP contribution < -0.4 is 5.73 Å². The molecule has 2 amide bonds. The Morgan fingerprint density at radius 1 is 1.64 bits per heavy atom. The largest absolute Gasteiger partial charge is 0.477 e. The van der Waals surface area contributed by atoms with Crippen molar-refractivity contribution in [2.75, 3.05) is 6.73 Å². The number of rotatable bonds is 2. The third kappa shape index (κ3) is 1.71. The molecule has 14 heavy (non-hydrogen) atoms. The van der Waals surface area contributed by atoms with Gasteiger partial charge in [-0.05, 0) is 20.8 Å². The number of nitrogens with zero attached hydrogens (tertiary/aromatic N) is 1. The van der Waals surface area contributed by atoms with Crippen LogP contribution in [0.4, 0.5) is 0 Å². The highest BCUT2D eigenvalue weighted by atomic mass is 16.5. The molecular weight excluding hydrogens is 184 g/mol. The molecule has 0 atom stereocenters. The minimum Gasteiger partial charge on any atom is -0.477 e. The molecule has 1 aliphatic heterocycles. The third-order valence-electron chi connectivity index (χ3n) is 2.29. The fourth-order valence-electron chi connectivity index (χ4n) is 1.09. The molecule has 5 heteroatoms. The summed E-state index contributed by atoms with van der Waals surface area (Å²) in [7, 11) is 0. The van der Waals surface area contributed by atoms with Crippen molar-refractivity contribution in [1.29, 1.82) is 0 Å². The lowest BCUT2D eigenvalue weighted by Gasteiger charge is -2.37. The Morgan fingerprint density at radius 3 is 2.64 bits per heavy atom. The summed E-state index contributed by atoms with van der Waals surface area (Å²) in [6.07, 6.45) is 1.34. The number of nitrogens with two attached hydrogens (primary N) is 1. The quantitative estimate of drug-likeness (QED) is 0.677. The number of carbonyl (C=O) groups is 2. The zero-order chi connectivity index (χ0) is 10.9. The molecule has 1 aliphatic rings. The molecular formula is C9H14N2O3. The zero-order valence-corrected chi connectivity index (χ0v) is 8.53. The molecule has 2 N–H and O–H groups in total. The Hall–Kier alpha value is -1.52. The number of allylic oxidation sites excluding steroid dienone is 1. The molecule has 0 saturated carbocycles. The molecule has 0 fully saturated rings. The van der Waals surface area contributed by atoms with E-state index in [1.165, 1.54) is 11.0 Å². The summed E-state index contributed by atoms with van der Waals surface area (Å²) < 4.78 is 5.16. The topological polar surface area (TPSA) is 72.6 Å². The van der Waals surface area contributed by atoms with E-state index in [1.54, 1.807) is 20.8 Å². The average molecular weight is 198 g/mol. The standard InChI is InChI=1S/C9H14N2O3/c1-6-4-7(12)11(5-14-6)9(2,3)8(10)13/h4H,5H2,1-3H3,(H2,10,13). The maximum atomic E-state index is 11.5. The molecule has 0 spiro atoms. The van der Waals surface area contributed by atoms with Crippen LogP contribution in [0.5, 0.6) is 0 Å². The van der Waals surface area contributed by atoms with Gasteiger partial charge in [0.2, 0.25) is 5.91 Å². The Balaban J connectivity index is 2.91. The van der Waals surface area contributed by atoms with Crippen molar-refractivity contribution < 1.29 is 14.3 Å². The lowest BCUT2D eigenvalue weighted by molar-refractivity contribution is -0.149. The Morgan fingerprint density at radius 2 is 2.21 bits per heavy atom. The summed E-state index contributed by atoms with van der Waals surface area (Å²) in [6, 6.07) is 0. The van der Waals surface area contributed by atoms with Gasteiger partial charge in [0.1, 0.15) is 11.3 Å². The van der Waals surface area contributed by atoms with Gasteiger partial charge in [-0.15, -0.1) is 0 Å². The second-order valence-electron chi connectivity index (χ2n) is 3.72. The minimum atomic E-state index is -1.02. The van der Waals surface area contributed by atoms with Crippen LogP contribution in [0.2, 0.25) is 0 Å². The smallest absolute Gasteiger partial charge is 0.253 e. The van der Waals surface area contributed by atoms with Crippen molar-refractivity contribution in [3.05, 3.63) is 11.8 Å². The van der Waals surface area contributed by atoms with Gasteiger partial charge in [0.15, 0.2) is 6.73 Å². The van der Waals surface area contributed by atoms with E-state index in [0.717, 1.165) is 0 Å². The molecule has 78 valence electrons. The summed E-state index contributed by atoms with van der Waals surface area (Å²) >= 11 is 0. The predicted octanol–water partition coefficient (Wildman–Crippen LogP) is -0.0296. The van der Waals surface area contributed by atoms with E-state index in [0.29, 0.717) is 5.76 Å². The summed E-state index contributed by atoms with van der Waals surface area (Å²) in [4.78, 5) is 23.9. The lowest BCUT2D eigenvalue weighted by Crippen LogP contribution is -2.57. The van der Waals surface area contributed by atoms with Crippen LogP contribution in [-0.2, 0) is 14.3 Å². The first-order chi connectivity index (χ1) is 6.35. The Labute approximate surface area is 82.5 Å². The first-order valence-electron chi connectivity index (χ1n) is 4.28. The van der Waals surface area contributed by atoms with E-state index in [2.05, 4.69) is 0 Å². The Bertz CT molecular complexity index is 307. The van der Waals surface area contributed by atoms with E-state index >= 15 is 0 Å². The lowest BCUT2D eigenvalue weighted by atomic mass is 10.0. The summed E-state index contributed by atoms with van der Waals surface area (Å²) in [5.41, 5.74) is 4.17. The first-order valence-corrected chi connectivity index (χ1v) is 4.28. The van der Waals surface area contributed by atoms with Crippen LogP contribution in [0.25, 0.3) is 0 Å². The maximum absolute atomic E-state index is 11.5. The van der Waals surface area contributed by atoms with Gasteiger partial charge in [-0.1, -0.05) is 0 Å². The fourth-order valence-corrected chi connectivity index (χ4v) is 1.09. The first kappa shape index (κ1) is 10.6. The highest BCUT2D eigenvalue weighted by Gasteiger charge is 2.37. The monoisotopic (exact) mass is 198 g/mol. The van der Waals surface area contributed by atoms with Crippen LogP contribution in [0.15, 0.2) is 11.8 Å². The van der Waals surface area contributed by atoms with Gasteiger partial charge in [-0.3, -0.25) is 14.5 Å². The second-order valence-corrected chi connectivity index (χ2v) is 3.72. The van der Waals surface area contributed by atoms with E-state index in [4.69, 9.17) is 10.5 Å². The summed E-state index contributed by atoms with van der Waals surface area (Å²) in [5.74, 6) is -0.258. The summed E-state index contributed by atoms with van der Waals surface area (Å²) in [6.45, 7) is 4.93. The van der Waals surface area contributed by atoms with Gasteiger partial charge in [0, 0.05) is 6.08 Å². The van der Waals surface area contributed by atoms with Crippen molar-refractivity contribution >= 4 is 11.8 Å². The van der Waals surface area contributed by atoms with Gasteiger partial charge in [-0.2, -0.15) is 0 Å². The minimum absolute atomic E-state index is 0.0666. The number of ether oxygens (including phenoxy) is 1. The zero-order valence-electron chi connectivity index (χ0n) is 8.53. The second kappa shape index (κ2) is 3.32. The molecule has 0 aromatic heterocycles. The molecule has 1 rings (SSSR count). The van der Waals surface area contributed by atoms with Crippen molar-refractivity contribution in [3.8, 4) is 0 Å². The molecule has 0 unspecified atom stereocenters. The van der Waals surface area contributed by atoms with E-state index in [-0.39, 0.29) is 12.6 Å². The van der Waals surface area contributed by atoms with Crippen molar-refractivity contribution in [2.45, 2.75) is 26.3 Å². The van der Waals surface area contributed by atoms with Crippen molar-refractivity contribution in [3.63, 3.8) is 0 Å². The van der Waals surface area contributed by atoms with E-state index in [9.17, 15) is 9.59 Å². The maximum Gasteiger partial charge on any atom is 0.253 e. The van der Waals surface area contributed by atoms with Crippen molar-refractivity contribution in [2.24, 2.45) is 5.73 Å². The highest BCUT2D eigenvalue weighted by molar-refractivity contribution is 5.94. The van der Waals surface area contributed by atoms with Crippen LogP contribution in [0, 0.1) is 0 Å². The van der Waals surface area contributed by atoms with Gasteiger partial charge in [-0.25, -0.2) is 0 Å². The summed E-state index contributed by atoms with van der Waals surface area (Å²) in [5, 5.41) is 0. The molecule has 0 bridgehead atoms. The number of hydrogen-bond donors (Lipinski definition) is 1. The van der Waals surface area contributed by atoms with Crippen LogP contribution in [-0.4, -0.2) is 29.0 Å². The number of carbonyl (C=O) groups excluding carboxylic acids is 2. The molecule has 0 aromatic carbocycles. The van der Waals surface area contributed by atoms with Gasteiger partial charge < -0.3 is 10.5 Å². The molecule has 0 saturated heterocycles. The molecule has 0 aromatic rings.